The average Bonchev–Trinajstić information content (AvgIpc) is 2.51. The Morgan fingerprint density at radius 2 is 1.83 bits per heavy atom. The van der Waals surface area contributed by atoms with Crippen LogP contribution in [-0.4, -0.2) is 46.9 Å². The van der Waals surface area contributed by atoms with Crippen molar-refractivity contribution in [3.63, 3.8) is 0 Å². The van der Waals surface area contributed by atoms with Gasteiger partial charge in [-0.25, -0.2) is 4.39 Å². The van der Waals surface area contributed by atoms with Crippen molar-refractivity contribution in [3.05, 3.63) is 23.5 Å². The number of carbonyl (C=O) groups is 1. The van der Waals surface area contributed by atoms with Crippen molar-refractivity contribution in [2.24, 2.45) is 0 Å². The van der Waals surface area contributed by atoms with Gasteiger partial charge >= 0.3 is 0 Å². The summed E-state index contributed by atoms with van der Waals surface area (Å²) < 4.78 is 29.1. The topological polar surface area (TPSA) is 68.8 Å². The lowest BCUT2D eigenvalue weighted by molar-refractivity contribution is -0.120. The highest BCUT2D eigenvalue weighted by atomic mass is 35.5. The molecule has 1 atom stereocenters. The van der Waals surface area contributed by atoms with Crippen molar-refractivity contribution >= 4 is 18.3 Å². The molecule has 2 N–H and O–H groups in total. The van der Waals surface area contributed by atoms with Gasteiger partial charge in [-0.1, -0.05) is 0 Å². The molecule has 8 heteroatoms. The number of nitrogens with one attached hydrogen (secondary N) is 2. The Hall–Kier alpha value is -1.57. The van der Waals surface area contributed by atoms with Gasteiger partial charge in [0.05, 0.1) is 33.4 Å². The van der Waals surface area contributed by atoms with Crippen LogP contribution in [-0.2, 0) is 9.53 Å². The molecule has 132 valence electrons. The number of hydrogen-bond acceptors (Lipinski definition) is 5. The first-order chi connectivity index (χ1) is 10.5. The number of rotatable bonds is 9. The smallest absolute Gasteiger partial charge is 0.234 e. The van der Waals surface area contributed by atoms with Gasteiger partial charge in [0.2, 0.25) is 5.91 Å². The summed E-state index contributed by atoms with van der Waals surface area (Å²) in [7, 11) is 4.50. The van der Waals surface area contributed by atoms with E-state index in [9.17, 15) is 9.18 Å². The lowest BCUT2D eigenvalue weighted by Crippen LogP contribution is -2.36. The van der Waals surface area contributed by atoms with Crippen molar-refractivity contribution in [2.45, 2.75) is 13.0 Å². The predicted molar refractivity (Wildman–Crippen MR) is 88.1 cm³/mol. The normalized spacial score (nSPS) is 11.3. The molecule has 23 heavy (non-hydrogen) atoms. The molecule has 0 heterocycles. The molecule has 0 radical (unpaired) electrons. The first-order valence-electron chi connectivity index (χ1n) is 6.93. The standard InChI is InChI=1S/C15H23FN2O4.ClH/c1-10(18-15(19)9-17-5-6-20-2)11-7-13(21-3)14(22-4)8-12(11)16;/h7-8,10,17H,5-6,9H2,1-4H3,(H,18,19);1H. The number of methoxy groups -OCH3 is 3. The minimum Gasteiger partial charge on any atom is -0.493 e. The van der Waals surface area contributed by atoms with Crippen LogP contribution in [0.3, 0.4) is 0 Å². The zero-order valence-electron chi connectivity index (χ0n) is 13.8. The fourth-order valence-electron chi connectivity index (χ4n) is 1.95. The van der Waals surface area contributed by atoms with Crippen LogP contribution in [0.2, 0.25) is 0 Å². The lowest BCUT2D eigenvalue weighted by Gasteiger charge is -2.17. The van der Waals surface area contributed by atoms with Crippen LogP contribution in [0.1, 0.15) is 18.5 Å². The highest BCUT2D eigenvalue weighted by Crippen LogP contribution is 2.32. The van der Waals surface area contributed by atoms with Crippen molar-refractivity contribution in [1.29, 1.82) is 0 Å². The third-order valence-corrected chi connectivity index (χ3v) is 3.12. The quantitative estimate of drug-likeness (QED) is 0.663. The zero-order chi connectivity index (χ0) is 16.5. The Labute approximate surface area is 142 Å². The minimum atomic E-state index is -0.489. The summed E-state index contributed by atoms with van der Waals surface area (Å²) in [6.45, 7) is 2.94. The molecule has 1 unspecified atom stereocenters. The van der Waals surface area contributed by atoms with Crippen LogP contribution in [0.5, 0.6) is 11.5 Å². The van der Waals surface area contributed by atoms with Crippen LogP contribution in [0.25, 0.3) is 0 Å². The van der Waals surface area contributed by atoms with Gasteiger partial charge in [0.25, 0.3) is 0 Å². The fourth-order valence-corrected chi connectivity index (χ4v) is 1.95. The molecule has 0 saturated carbocycles. The Bertz CT molecular complexity index is 503. The van der Waals surface area contributed by atoms with Gasteiger partial charge in [-0.05, 0) is 13.0 Å². The Kier molecular flexibility index (Phi) is 10.3. The van der Waals surface area contributed by atoms with Crippen molar-refractivity contribution in [1.82, 2.24) is 10.6 Å². The summed E-state index contributed by atoms with van der Waals surface area (Å²) in [5.41, 5.74) is 0.336. The summed E-state index contributed by atoms with van der Waals surface area (Å²) in [4.78, 5) is 11.8. The van der Waals surface area contributed by atoms with E-state index in [-0.39, 0.29) is 24.9 Å². The summed E-state index contributed by atoms with van der Waals surface area (Å²) >= 11 is 0. The van der Waals surface area contributed by atoms with E-state index in [2.05, 4.69) is 10.6 Å². The molecule has 0 aromatic heterocycles. The van der Waals surface area contributed by atoms with E-state index in [1.165, 1.54) is 26.4 Å². The van der Waals surface area contributed by atoms with Crippen LogP contribution >= 0.6 is 12.4 Å². The highest BCUT2D eigenvalue weighted by Gasteiger charge is 2.17. The van der Waals surface area contributed by atoms with E-state index in [0.717, 1.165) is 0 Å². The number of ether oxygens (including phenoxy) is 3. The second-order valence-electron chi connectivity index (χ2n) is 4.69. The molecule has 1 aromatic rings. The van der Waals surface area contributed by atoms with Crippen molar-refractivity contribution < 1.29 is 23.4 Å². The van der Waals surface area contributed by atoms with Gasteiger partial charge in [0, 0.05) is 25.3 Å². The maximum absolute atomic E-state index is 14.1. The molecule has 1 aromatic carbocycles. The molecule has 0 aliphatic heterocycles. The van der Waals surface area contributed by atoms with Crippen LogP contribution < -0.4 is 20.1 Å². The summed E-state index contributed by atoms with van der Waals surface area (Å²) in [6.07, 6.45) is 0. The third-order valence-electron chi connectivity index (χ3n) is 3.12. The molecular weight excluding hydrogens is 327 g/mol. The van der Waals surface area contributed by atoms with Gasteiger partial charge in [0.15, 0.2) is 11.5 Å². The lowest BCUT2D eigenvalue weighted by atomic mass is 10.1. The first-order valence-corrected chi connectivity index (χ1v) is 6.93. The fraction of sp³-hybridized carbons (Fsp3) is 0.533. The molecule has 1 amide bonds. The number of benzene rings is 1. The highest BCUT2D eigenvalue weighted by molar-refractivity contribution is 5.85. The number of amides is 1. The number of carbonyl (C=O) groups excluding carboxylic acids is 1. The second kappa shape index (κ2) is 11.0. The van der Waals surface area contributed by atoms with Gasteiger partial charge in [0.1, 0.15) is 5.82 Å². The summed E-state index contributed by atoms with van der Waals surface area (Å²) in [6, 6.07) is 2.28. The van der Waals surface area contributed by atoms with Gasteiger partial charge < -0.3 is 24.8 Å². The largest absolute Gasteiger partial charge is 0.493 e. The van der Waals surface area contributed by atoms with E-state index < -0.39 is 11.9 Å². The molecule has 1 rings (SSSR count). The second-order valence-corrected chi connectivity index (χ2v) is 4.69. The van der Waals surface area contributed by atoms with Gasteiger partial charge in [-0.15, -0.1) is 12.4 Å². The average molecular weight is 351 g/mol. The Morgan fingerprint density at radius 3 is 2.39 bits per heavy atom. The number of hydrogen-bond donors (Lipinski definition) is 2. The molecular formula is C15H24ClFN2O4. The predicted octanol–water partition coefficient (Wildman–Crippen LogP) is 1.68. The Balaban J connectivity index is 0.00000484. The molecule has 0 aliphatic carbocycles. The van der Waals surface area contributed by atoms with Crippen LogP contribution in [0, 0.1) is 5.82 Å². The van der Waals surface area contributed by atoms with Crippen molar-refractivity contribution in [2.75, 3.05) is 41.0 Å². The van der Waals surface area contributed by atoms with E-state index in [1.54, 1.807) is 14.0 Å². The van der Waals surface area contributed by atoms with E-state index in [4.69, 9.17) is 14.2 Å². The summed E-state index contributed by atoms with van der Waals surface area (Å²) in [5.74, 6) is 0.0392. The third kappa shape index (κ3) is 6.60. The van der Waals surface area contributed by atoms with Crippen molar-refractivity contribution in [3.8, 4) is 11.5 Å². The molecule has 0 spiro atoms. The van der Waals surface area contributed by atoms with Gasteiger partial charge in [-0.2, -0.15) is 0 Å². The van der Waals surface area contributed by atoms with Crippen LogP contribution in [0.15, 0.2) is 12.1 Å². The van der Waals surface area contributed by atoms with E-state index in [0.29, 0.717) is 30.2 Å². The van der Waals surface area contributed by atoms with Gasteiger partial charge in [-0.3, -0.25) is 4.79 Å². The molecule has 0 saturated heterocycles. The maximum Gasteiger partial charge on any atom is 0.234 e. The molecule has 0 fully saturated rings. The molecule has 0 bridgehead atoms. The SMILES string of the molecule is COCCNCC(=O)NC(C)c1cc(OC)c(OC)cc1F.Cl. The Morgan fingerprint density at radius 1 is 1.22 bits per heavy atom. The molecule has 6 nitrogen and oxygen atoms in total. The minimum absolute atomic E-state index is 0. The number of halogens is 2. The van der Waals surface area contributed by atoms with E-state index >= 15 is 0 Å². The van der Waals surface area contributed by atoms with Crippen LogP contribution in [0.4, 0.5) is 4.39 Å². The molecule has 0 aliphatic rings. The van der Waals surface area contributed by atoms with E-state index in [1.807, 2.05) is 0 Å². The maximum atomic E-state index is 14.1. The monoisotopic (exact) mass is 350 g/mol. The summed E-state index contributed by atoms with van der Waals surface area (Å²) in [5, 5.41) is 5.65. The zero-order valence-corrected chi connectivity index (χ0v) is 14.6. The first kappa shape index (κ1) is 21.4.